The van der Waals surface area contributed by atoms with Crippen molar-refractivity contribution < 1.29 is 14.3 Å². The molecule has 2 rings (SSSR count). The Morgan fingerprint density at radius 3 is 2.95 bits per heavy atom. The first-order valence-corrected chi connectivity index (χ1v) is 6.10. The van der Waals surface area contributed by atoms with Crippen LogP contribution < -0.4 is 5.32 Å². The van der Waals surface area contributed by atoms with Crippen LogP contribution >= 0.6 is 0 Å². The molecule has 0 spiro atoms. The molecule has 0 saturated heterocycles. The van der Waals surface area contributed by atoms with Crippen LogP contribution in [0.3, 0.4) is 0 Å². The first-order chi connectivity index (χ1) is 9.16. The van der Waals surface area contributed by atoms with E-state index in [0.29, 0.717) is 17.9 Å². The van der Waals surface area contributed by atoms with E-state index in [2.05, 4.69) is 10.3 Å². The zero-order valence-electron chi connectivity index (χ0n) is 10.7. The summed E-state index contributed by atoms with van der Waals surface area (Å²) >= 11 is 0. The molecule has 0 aliphatic rings. The average molecular weight is 260 g/mol. The molecule has 0 aliphatic carbocycles. The van der Waals surface area contributed by atoms with Gasteiger partial charge in [-0.2, -0.15) is 0 Å². The monoisotopic (exact) mass is 260 g/mol. The van der Waals surface area contributed by atoms with Gasteiger partial charge in [-0.05, 0) is 25.1 Å². The van der Waals surface area contributed by atoms with E-state index < -0.39 is 5.97 Å². The third kappa shape index (κ3) is 3.66. The molecule has 0 fully saturated rings. The van der Waals surface area contributed by atoms with Crippen LogP contribution in [0.25, 0.3) is 0 Å². The van der Waals surface area contributed by atoms with Crippen LogP contribution in [0.1, 0.15) is 27.6 Å². The number of aryl methyl sites for hydroxylation is 1. The molecule has 0 radical (unpaired) electrons. The summed E-state index contributed by atoms with van der Waals surface area (Å²) in [5.41, 5.74) is 1.67. The van der Waals surface area contributed by atoms with Crippen molar-refractivity contribution in [2.24, 2.45) is 0 Å². The van der Waals surface area contributed by atoms with Crippen LogP contribution in [0, 0.1) is 6.92 Å². The molecule has 0 saturated carbocycles. The fourth-order valence-corrected chi connectivity index (χ4v) is 1.82. The third-order valence-electron chi connectivity index (χ3n) is 2.75. The van der Waals surface area contributed by atoms with Gasteiger partial charge < -0.3 is 14.8 Å². The van der Waals surface area contributed by atoms with Gasteiger partial charge in [-0.3, -0.25) is 4.98 Å². The number of rotatable bonds is 6. The molecule has 0 atom stereocenters. The molecule has 0 aromatic carbocycles. The molecule has 2 aromatic heterocycles. The number of furan rings is 1. The summed E-state index contributed by atoms with van der Waals surface area (Å²) in [6, 6.07) is 7.56. The van der Waals surface area contributed by atoms with Gasteiger partial charge in [0.1, 0.15) is 5.76 Å². The zero-order chi connectivity index (χ0) is 13.7. The van der Waals surface area contributed by atoms with Gasteiger partial charge in [0.25, 0.3) is 0 Å². The van der Waals surface area contributed by atoms with Gasteiger partial charge in [0.05, 0.1) is 6.54 Å². The molecular weight excluding hydrogens is 244 g/mol. The molecule has 5 nitrogen and oxygen atoms in total. The van der Waals surface area contributed by atoms with Gasteiger partial charge in [-0.1, -0.05) is 6.07 Å². The minimum Gasteiger partial charge on any atom is -0.475 e. The summed E-state index contributed by atoms with van der Waals surface area (Å²) in [5, 5.41) is 12.1. The van der Waals surface area contributed by atoms with Crippen LogP contribution in [-0.4, -0.2) is 22.6 Å². The third-order valence-corrected chi connectivity index (χ3v) is 2.75. The number of nitrogens with zero attached hydrogens (tertiary/aromatic N) is 1. The number of hydrogen-bond donors (Lipinski definition) is 2. The zero-order valence-corrected chi connectivity index (χ0v) is 10.7. The molecule has 5 heteroatoms. The smallest absolute Gasteiger partial charge is 0.372 e. The van der Waals surface area contributed by atoms with E-state index in [1.165, 1.54) is 0 Å². The summed E-state index contributed by atoms with van der Waals surface area (Å²) in [6.45, 7) is 3.00. The molecule has 0 bridgehead atoms. The highest BCUT2D eigenvalue weighted by Gasteiger charge is 2.13. The Hall–Kier alpha value is -2.14. The topological polar surface area (TPSA) is 75.4 Å². The lowest BCUT2D eigenvalue weighted by Crippen LogP contribution is -2.16. The second kappa shape index (κ2) is 6.15. The lowest BCUT2D eigenvalue weighted by molar-refractivity contribution is 0.0659. The predicted molar refractivity (Wildman–Crippen MR) is 70.1 cm³/mol. The van der Waals surface area contributed by atoms with E-state index >= 15 is 0 Å². The van der Waals surface area contributed by atoms with Crippen LogP contribution in [0.4, 0.5) is 0 Å². The van der Waals surface area contributed by atoms with E-state index in [9.17, 15) is 4.79 Å². The van der Waals surface area contributed by atoms with E-state index in [1.807, 2.05) is 18.2 Å². The molecule has 0 amide bonds. The maximum atomic E-state index is 10.8. The number of nitrogens with one attached hydrogen (secondary N) is 1. The van der Waals surface area contributed by atoms with E-state index in [4.69, 9.17) is 9.52 Å². The molecule has 100 valence electrons. The van der Waals surface area contributed by atoms with Crippen molar-refractivity contribution in [2.45, 2.75) is 19.9 Å². The highest BCUT2D eigenvalue weighted by atomic mass is 16.4. The number of aromatic nitrogens is 1. The van der Waals surface area contributed by atoms with Gasteiger partial charge in [-0.25, -0.2) is 4.79 Å². The second-order valence-corrected chi connectivity index (χ2v) is 4.28. The largest absolute Gasteiger partial charge is 0.475 e. The SMILES string of the molecule is Cc1cc(CNCCc2ccccn2)oc1C(=O)O. The summed E-state index contributed by atoms with van der Waals surface area (Å²) in [4.78, 5) is 15.1. The Morgan fingerprint density at radius 1 is 1.47 bits per heavy atom. The highest BCUT2D eigenvalue weighted by molar-refractivity contribution is 5.86. The molecule has 0 aliphatic heterocycles. The number of aromatic carboxylic acids is 1. The Bertz CT molecular complexity index is 549. The maximum absolute atomic E-state index is 10.8. The molecule has 2 heterocycles. The van der Waals surface area contributed by atoms with Crippen molar-refractivity contribution in [2.75, 3.05) is 6.54 Å². The summed E-state index contributed by atoms with van der Waals surface area (Å²) in [6.07, 6.45) is 2.59. The van der Waals surface area contributed by atoms with E-state index in [1.54, 1.807) is 19.2 Å². The number of carboxylic acids is 1. The number of carboxylic acid groups (broad SMARTS) is 1. The van der Waals surface area contributed by atoms with Gasteiger partial charge in [0.2, 0.25) is 5.76 Å². The van der Waals surface area contributed by atoms with E-state index in [0.717, 1.165) is 18.7 Å². The molecule has 2 aromatic rings. The normalized spacial score (nSPS) is 10.6. The van der Waals surface area contributed by atoms with Crippen molar-refractivity contribution >= 4 is 5.97 Å². The first kappa shape index (κ1) is 13.3. The molecule has 0 unspecified atom stereocenters. The maximum Gasteiger partial charge on any atom is 0.372 e. The van der Waals surface area contributed by atoms with Crippen molar-refractivity contribution in [1.29, 1.82) is 0 Å². The number of hydrogen-bond acceptors (Lipinski definition) is 4. The number of carbonyl (C=O) groups is 1. The standard InChI is InChI=1S/C14H16N2O3/c1-10-8-12(19-13(10)14(17)18)9-15-7-5-11-4-2-3-6-16-11/h2-4,6,8,15H,5,7,9H2,1H3,(H,17,18). The molecular formula is C14H16N2O3. The van der Waals surface area contributed by atoms with Crippen LogP contribution in [0.2, 0.25) is 0 Å². The van der Waals surface area contributed by atoms with Crippen molar-refractivity contribution in [1.82, 2.24) is 10.3 Å². The van der Waals surface area contributed by atoms with Gasteiger partial charge in [0, 0.05) is 30.4 Å². The van der Waals surface area contributed by atoms with Gasteiger partial charge in [0.15, 0.2) is 0 Å². The van der Waals surface area contributed by atoms with Crippen LogP contribution in [0.5, 0.6) is 0 Å². The quantitative estimate of drug-likeness (QED) is 0.777. The predicted octanol–water partition coefficient (Wildman–Crippen LogP) is 2.01. The summed E-state index contributed by atoms with van der Waals surface area (Å²) < 4.78 is 5.25. The summed E-state index contributed by atoms with van der Waals surface area (Å²) in [5.74, 6) is -0.380. The lowest BCUT2D eigenvalue weighted by Gasteiger charge is -2.02. The minimum absolute atomic E-state index is 0.0153. The van der Waals surface area contributed by atoms with Crippen LogP contribution in [-0.2, 0) is 13.0 Å². The second-order valence-electron chi connectivity index (χ2n) is 4.28. The van der Waals surface area contributed by atoms with Gasteiger partial charge >= 0.3 is 5.97 Å². The fourth-order valence-electron chi connectivity index (χ4n) is 1.82. The van der Waals surface area contributed by atoms with Crippen molar-refractivity contribution in [3.05, 3.63) is 53.2 Å². The average Bonchev–Trinajstić information content (AvgIpc) is 2.77. The summed E-state index contributed by atoms with van der Waals surface area (Å²) in [7, 11) is 0. The Morgan fingerprint density at radius 2 is 2.32 bits per heavy atom. The Kier molecular flexibility index (Phi) is 4.30. The van der Waals surface area contributed by atoms with Gasteiger partial charge in [-0.15, -0.1) is 0 Å². The Balaban J connectivity index is 1.80. The fraction of sp³-hybridized carbons (Fsp3) is 0.286. The number of pyridine rings is 1. The molecule has 2 N–H and O–H groups in total. The minimum atomic E-state index is -1.03. The van der Waals surface area contributed by atoms with E-state index in [-0.39, 0.29) is 5.76 Å². The van der Waals surface area contributed by atoms with Crippen LogP contribution in [0.15, 0.2) is 34.9 Å². The van der Waals surface area contributed by atoms with Crippen molar-refractivity contribution in [3.8, 4) is 0 Å². The molecule has 19 heavy (non-hydrogen) atoms. The van der Waals surface area contributed by atoms with Crippen molar-refractivity contribution in [3.63, 3.8) is 0 Å². The lowest BCUT2D eigenvalue weighted by atomic mass is 10.2. The Labute approximate surface area is 111 Å². The highest BCUT2D eigenvalue weighted by Crippen LogP contribution is 2.14. The first-order valence-electron chi connectivity index (χ1n) is 6.10.